The predicted octanol–water partition coefficient (Wildman–Crippen LogP) is 2.76. The molecule has 3 heterocycles. The van der Waals surface area contributed by atoms with Gasteiger partial charge in [0.15, 0.2) is 5.78 Å². The van der Waals surface area contributed by atoms with Gasteiger partial charge in [-0.3, -0.25) is 14.4 Å². The summed E-state index contributed by atoms with van der Waals surface area (Å²) in [7, 11) is 0. The third kappa shape index (κ3) is 4.49. The number of carbonyl (C=O) groups is 3. The van der Waals surface area contributed by atoms with Crippen LogP contribution in [-0.2, 0) is 15.1 Å². The van der Waals surface area contributed by atoms with Crippen LogP contribution in [-0.4, -0.2) is 51.8 Å². The molecule has 0 saturated carbocycles. The van der Waals surface area contributed by atoms with Crippen molar-refractivity contribution in [1.82, 2.24) is 20.4 Å². The summed E-state index contributed by atoms with van der Waals surface area (Å²) < 4.78 is 6.38. The zero-order chi connectivity index (χ0) is 29.6. The fourth-order valence-corrected chi connectivity index (χ4v) is 6.97. The second-order valence-corrected chi connectivity index (χ2v) is 11.4. The number of nitrogens with one attached hydrogen (secondary N) is 1. The lowest BCUT2D eigenvalue weighted by atomic mass is 9.70. The topological polar surface area (TPSA) is 180 Å². The standard InChI is InChI=1S/C30H29N7O4S/c1-2-22(38)37-14-4-5-17(15-37)35-29(40)27-24-23-19(11-12-20(31)26(23)42-27)30(33,28(39)25(24)32)16-7-9-18(10-8-16)41-21-6-3-13-34-36-21/h2-3,6-13,17,25H,1,4-5,14-15,31-33H2,(H,35,40). The van der Waals surface area contributed by atoms with E-state index < -0.39 is 17.4 Å². The Kier molecular flexibility index (Phi) is 6.97. The van der Waals surface area contributed by atoms with Gasteiger partial charge < -0.3 is 32.2 Å². The highest BCUT2D eigenvalue weighted by atomic mass is 32.1. The van der Waals surface area contributed by atoms with Crippen molar-refractivity contribution in [3.63, 3.8) is 0 Å². The molecule has 7 N–H and O–H groups in total. The van der Waals surface area contributed by atoms with Gasteiger partial charge in [-0.05, 0) is 54.3 Å². The monoisotopic (exact) mass is 583 g/mol. The Morgan fingerprint density at radius 1 is 1.19 bits per heavy atom. The summed E-state index contributed by atoms with van der Waals surface area (Å²) in [5.74, 6) is -0.178. The fourth-order valence-electron chi connectivity index (χ4n) is 5.77. The van der Waals surface area contributed by atoms with E-state index in [1.54, 1.807) is 59.6 Å². The number of likely N-dealkylation sites (tertiary alicyclic amines) is 1. The molecule has 0 spiro atoms. The number of ether oxygens (including phenoxy) is 1. The Morgan fingerprint density at radius 3 is 2.69 bits per heavy atom. The smallest absolute Gasteiger partial charge is 0.262 e. The molecule has 4 aromatic rings. The van der Waals surface area contributed by atoms with Crippen LogP contribution in [0.2, 0.25) is 0 Å². The number of amides is 2. The minimum absolute atomic E-state index is 0.177. The summed E-state index contributed by atoms with van der Waals surface area (Å²) in [5.41, 5.74) is 20.2. The number of Topliss-reactive ketones (excluding diaryl/α,β-unsaturated/α-hetero) is 1. The summed E-state index contributed by atoms with van der Waals surface area (Å²) in [5, 5.41) is 11.4. The quantitative estimate of drug-likeness (QED) is 0.196. The number of thiophene rings is 1. The molecule has 2 aromatic carbocycles. The fraction of sp³-hybridized carbons (Fsp3) is 0.233. The van der Waals surface area contributed by atoms with Gasteiger partial charge in [-0.15, -0.1) is 16.4 Å². The van der Waals surface area contributed by atoms with Crippen LogP contribution in [0.3, 0.4) is 0 Å². The first-order chi connectivity index (χ1) is 20.2. The number of hydrogen-bond donors (Lipinski definition) is 4. The summed E-state index contributed by atoms with van der Waals surface area (Å²) in [6.45, 7) is 4.53. The van der Waals surface area contributed by atoms with Crippen LogP contribution < -0.4 is 27.3 Å². The van der Waals surface area contributed by atoms with Crippen LogP contribution in [0.5, 0.6) is 11.6 Å². The van der Waals surface area contributed by atoms with Crippen LogP contribution in [0, 0.1) is 0 Å². The highest BCUT2D eigenvalue weighted by molar-refractivity contribution is 7.21. The number of nitrogens with two attached hydrogens (primary N) is 3. The number of rotatable bonds is 6. The summed E-state index contributed by atoms with van der Waals surface area (Å²) in [6, 6.07) is 12.2. The maximum Gasteiger partial charge on any atom is 0.262 e. The van der Waals surface area contributed by atoms with Gasteiger partial charge >= 0.3 is 0 Å². The van der Waals surface area contributed by atoms with Crippen molar-refractivity contribution < 1.29 is 19.1 Å². The molecular formula is C30H29N7O4S. The van der Waals surface area contributed by atoms with Crippen LogP contribution in [0.25, 0.3) is 10.1 Å². The second-order valence-electron chi connectivity index (χ2n) is 10.4. The van der Waals surface area contributed by atoms with Crippen LogP contribution in [0.4, 0.5) is 5.69 Å². The van der Waals surface area contributed by atoms with Crippen molar-refractivity contribution in [2.24, 2.45) is 11.5 Å². The maximum absolute atomic E-state index is 14.0. The largest absolute Gasteiger partial charge is 0.438 e. The molecule has 2 aliphatic rings. The van der Waals surface area contributed by atoms with E-state index in [0.717, 1.165) is 6.42 Å². The number of hydrogen-bond acceptors (Lipinski definition) is 10. The van der Waals surface area contributed by atoms with Crippen molar-refractivity contribution in [3.8, 4) is 11.6 Å². The van der Waals surface area contributed by atoms with Crippen molar-refractivity contribution in [2.75, 3.05) is 18.8 Å². The maximum atomic E-state index is 14.0. The second kappa shape index (κ2) is 10.6. The van der Waals surface area contributed by atoms with Gasteiger partial charge in [-0.1, -0.05) is 24.8 Å². The summed E-state index contributed by atoms with van der Waals surface area (Å²) in [6.07, 6.45) is 4.28. The Morgan fingerprint density at radius 2 is 1.98 bits per heavy atom. The van der Waals surface area contributed by atoms with Gasteiger partial charge in [-0.25, -0.2) is 0 Å². The predicted molar refractivity (Wildman–Crippen MR) is 159 cm³/mol. The molecule has 214 valence electrons. The number of carbonyl (C=O) groups excluding carboxylic acids is 3. The molecule has 3 unspecified atom stereocenters. The van der Waals surface area contributed by atoms with Crippen molar-refractivity contribution >= 4 is 44.7 Å². The molecule has 12 heteroatoms. The van der Waals surface area contributed by atoms with E-state index in [1.165, 1.54) is 17.4 Å². The van der Waals surface area contributed by atoms with E-state index in [2.05, 4.69) is 22.1 Å². The highest BCUT2D eigenvalue weighted by Crippen LogP contribution is 2.49. The average Bonchev–Trinajstić information content (AvgIpc) is 3.42. The number of piperidine rings is 1. The van der Waals surface area contributed by atoms with Crippen molar-refractivity contribution in [3.05, 3.63) is 89.0 Å². The molecule has 1 saturated heterocycles. The Hall–Kier alpha value is -4.65. The first-order valence-corrected chi connectivity index (χ1v) is 14.3. The SMILES string of the molecule is C=CC(=O)N1CCCC(NC(=O)c2sc3c(N)ccc4c3c2C(N)C(=O)C4(N)c2ccc(Oc3cccnn3)cc2)C1. The first-order valence-electron chi connectivity index (χ1n) is 13.4. The van der Waals surface area contributed by atoms with Gasteiger partial charge in [0.1, 0.15) is 11.3 Å². The third-order valence-electron chi connectivity index (χ3n) is 7.84. The highest BCUT2D eigenvalue weighted by Gasteiger charge is 2.48. The van der Waals surface area contributed by atoms with Gasteiger partial charge in [0.25, 0.3) is 5.91 Å². The van der Waals surface area contributed by atoms with Crippen molar-refractivity contribution in [2.45, 2.75) is 30.5 Å². The Bertz CT molecular complexity index is 1720. The van der Waals surface area contributed by atoms with Gasteiger partial charge in [0.2, 0.25) is 11.8 Å². The number of nitrogens with zero attached hydrogens (tertiary/aromatic N) is 3. The summed E-state index contributed by atoms with van der Waals surface area (Å²) in [4.78, 5) is 41.8. The Balaban J connectivity index is 1.36. The van der Waals surface area contributed by atoms with Gasteiger partial charge in [-0.2, -0.15) is 5.10 Å². The molecule has 2 amide bonds. The first kappa shape index (κ1) is 27.5. The normalized spacial score (nSPS) is 21.7. The molecule has 1 aliphatic carbocycles. The minimum atomic E-state index is -1.59. The molecular weight excluding hydrogens is 554 g/mol. The van der Waals surface area contributed by atoms with Crippen LogP contribution in [0.1, 0.15) is 45.2 Å². The van der Waals surface area contributed by atoms with Crippen molar-refractivity contribution in [1.29, 1.82) is 0 Å². The van der Waals surface area contributed by atoms with Crippen LogP contribution >= 0.6 is 11.3 Å². The summed E-state index contributed by atoms with van der Waals surface area (Å²) >= 11 is 1.19. The lowest BCUT2D eigenvalue weighted by Crippen LogP contribution is -2.53. The molecule has 1 fully saturated rings. The molecule has 0 bridgehead atoms. The average molecular weight is 584 g/mol. The molecule has 3 atom stereocenters. The van der Waals surface area contributed by atoms with Gasteiger partial charge in [0, 0.05) is 48.0 Å². The molecule has 11 nitrogen and oxygen atoms in total. The zero-order valence-electron chi connectivity index (χ0n) is 22.6. The van der Waals surface area contributed by atoms with E-state index in [9.17, 15) is 14.4 Å². The number of nitrogen functional groups attached to an aromatic ring is 1. The Labute approximate surface area is 245 Å². The molecule has 42 heavy (non-hydrogen) atoms. The number of anilines is 1. The molecule has 1 aliphatic heterocycles. The van der Waals surface area contributed by atoms with E-state index in [0.29, 0.717) is 68.5 Å². The van der Waals surface area contributed by atoms with E-state index in [4.69, 9.17) is 21.9 Å². The van der Waals surface area contributed by atoms with E-state index in [-0.39, 0.29) is 17.9 Å². The van der Waals surface area contributed by atoms with Gasteiger partial charge in [0.05, 0.1) is 15.6 Å². The number of ketones is 1. The number of aromatic nitrogens is 2. The lowest BCUT2D eigenvalue weighted by molar-refractivity contribution is -0.127. The third-order valence-corrected chi connectivity index (χ3v) is 9.10. The van der Waals surface area contributed by atoms with E-state index in [1.807, 2.05) is 0 Å². The molecule has 0 radical (unpaired) electrons. The lowest BCUT2D eigenvalue weighted by Gasteiger charge is -2.36. The molecule has 2 aromatic heterocycles. The van der Waals surface area contributed by atoms with E-state index >= 15 is 0 Å². The molecule has 6 rings (SSSR count). The zero-order valence-corrected chi connectivity index (χ0v) is 23.4. The van der Waals surface area contributed by atoms with Crippen LogP contribution in [0.15, 0.2) is 67.4 Å². The minimum Gasteiger partial charge on any atom is -0.438 e. The number of benzene rings is 2.